The van der Waals surface area contributed by atoms with E-state index in [-0.39, 0.29) is 35.4 Å². The van der Waals surface area contributed by atoms with E-state index in [2.05, 4.69) is 29.2 Å². The van der Waals surface area contributed by atoms with Gasteiger partial charge >= 0.3 is 17.9 Å². The number of rotatable bonds is 11. The van der Waals surface area contributed by atoms with Crippen LogP contribution >= 0.6 is 0 Å². The van der Waals surface area contributed by atoms with Gasteiger partial charge < -0.3 is 19.3 Å². The second-order valence-electron chi connectivity index (χ2n) is 7.12. The largest absolute Gasteiger partial charge is 0.466 e. The second-order valence-corrected chi connectivity index (χ2v) is 9.23. The lowest BCUT2D eigenvalue weighted by molar-refractivity contribution is -0.139. The van der Waals surface area contributed by atoms with Crippen LogP contribution in [0.5, 0.6) is 0 Å². The molecule has 196 valence electrons. The number of unbranched alkanes of at least 4 members (excludes halogenated alkanes) is 1. The van der Waals surface area contributed by atoms with Crippen LogP contribution < -0.4 is 0 Å². The quantitative estimate of drug-likeness (QED) is 0.205. The van der Waals surface area contributed by atoms with E-state index in [1.165, 1.54) is 14.0 Å². The van der Waals surface area contributed by atoms with Crippen molar-refractivity contribution in [3.63, 3.8) is 0 Å². The van der Waals surface area contributed by atoms with Crippen molar-refractivity contribution >= 4 is 27.7 Å². The third kappa shape index (κ3) is 17.8. The number of hydrogen-bond donors (Lipinski definition) is 1. The van der Waals surface area contributed by atoms with Gasteiger partial charge in [0, 0.05) is 23.8 Å². The number of aliphatic hydroxyl groups is 1. The van der Waals surface area contributed by atoms with Gasteiger partial charge in [0.1, 0.15) is 6.61 Å². The third-order valence-electron chi connectivity index (χ3n) is 3.81. The van der Waals surface area contributed by atoms with Gasteiger partial charge in [-0.05, 0) is 45.7 Å². The average molecular weight is 513 g/mol. The maximum Gasteiger partial charge on any atom is 0.333 e. The molecule has 0 spiro atoms. The summed E-state index contributed by atoms with van der Waals surface area (Å²) in [5.74, 6) is -1.55. The molecule has 0 aliphatic rings. The number of sulfone groups is 1. The summed E-state index contributed by atoms with van der Waals surface area (Å²) in [5.41, 5.74) is 1.67. The molecule has 1 aromatic carbocycles. The molecule has 0 saturated carbocycles. The van der Waals surface area contributed by atoms with Crippen molar-refractivity contribution in [2.75, 3.05) is 32.7 Å². The molecule has 0 heterocycles. The SMILES string of the molecule is C=C(C)C(=O)OC.C=C(C)C(=O)OCCS(=O)(=O)c1ccc(C)cc1.C=CC(=O)OCCCCO. The Kier molecular flexibility index (Phi) is 18.5. The highest BCUT2D eigenvalue weighted by atomic mass is 32.2. The molecule has 0 fully saturated rings. The molecule has 1 N–H and O–H groups in total. The van der Waals surface area contributed by atoms with Crippen LogP contribution in [0.15, 0.2) is 66.1 Å². The van der Waals surface area contributed by atoms with Crippen LogP contribution in [0, 0.1) is 6.92 Å². The van der Waals surface area contributed by atoms with E-state index in [4.69, 9.17) is 9.84 Å². The molecule has 1 aromatic rings. The molecule has 0 amide bonds. The summed E-state index contributed by atoms with van der Waals surface area (Å²) >= 11 is 0. The normalized spacial score (nSPS) is 9.74. The van der Waals surface area contributed by atoms with Gasteiger partial charge in [-0.25, -0.2) is 22.8 Å². The van der Waals surface area contributed by atoms with E-state index in [0.29, 0.717) is 25.0 Å². The minimum atomic E-state index is -3.41. The van der Waals surface area contributed by atoms with Gasteiger partial charge in [0.15, 0.2) is 9.84 Å². The Labute approximate surface area is 208 Å². The predicted octanol–water partition coefficient (Wildman–Crippen LogP) is 3.11. The second kappa shape index (κ2) is 19.1. The first kappa shape index (κ1) is 33.9. The lowest BCUT2D eigenvalue weighted by Crippen LogP contribution is -2.15. The van der Waals surface area contributed by atoms with Gasteiger partial charge in [-0.15, -0.1) is 0 Å². The van der Waals surface area contributed by atoms with Crippen molar-refractivity contribution < 1.29 is 42.1 Å². The maximum absolute atomic E-state index is 11.9. The first-order chi connectivity index (χ1) is 16.3. The number of esters is 3. The number of benzene rings is 1. The molecule has 0 atom stereocenters. The Morgan fingerprint density at radius 3 is 1.89 bits per heavy atom. The van der Waals surface area contributed by atoms with Crippen LogP contribution in [-0.4, -0.2) is 64.1 Å². The zero-order chi connectivity index (χ0) is 27.4. The van der Waals surface area contributed by atoms with E-state index in [0.717, 1.165) is 11.6 Å². The number of carbonyl (C=O) groups is 3. The number of aliphatic hydroxyl groups excluding tert-OH is 1. The van der Waals surface area contributed by atoms with Crippen molar-refractivity contribution in [3.05, 3.63) is 66.8 Å². The molecule has 35 heavy (non-hydrogen) atoms. The lowest BCUT2D eigenvalue weighted by Gasteiger charge is -2.06. The van der Waals surface area contributed by atoms with Crippen LogP contribution in [0.2, 0.25) is 0 Å². The highest BCUT2D eigenvalue weighted by molar-refractivity contribution is 7.91. The molecule has 0 radical (unpaired) electrons. The van der Waals surface area contributed by atoms with Crippen molar-refractivity contribution in [3.8, 4) is 0 Å². The summed E-state index contributed by atoms with van der Waals surface area (Å²) in [7, 11) is -2.07. The van der Waals surface area contributed by atoms with E-state index < -0.39 is 21.8 Å². The number of hydrogen-bond acceptors (Lipinski definition) is 9. The zero-order valence-electron chi connectivity index (χ0n) is 20.9. The summed E-state index contributed by atoms with van der Waals surface area (Å²) in [5, 5.41) is 8.33. The lowest BCUT2D eigenvalue weighted by atomic mass is 10.2. The van der Waals surface area contributed by atoms with Gasteiger partial charge in [-0.1, -0.05) is 37.4 Å². The van der Waals surface area contributed by atoms with Crippen LogP contribution in [0.1, 0.15) is 32.3 Å². The smallest absolute Gasteiger partial charge is 0.333 e. The van der Waals surface area contributed by atoms with E-state index in [1.807, 2.05) is 6.92 Å². The molecule has 0 unspecified atom stereocenters. The van der Waals surface area contributed by atoms with Gasteiger partial charge in [-0.2, -0.15) is 0 Å². The molecule has 0 aliphatic heterocycles. The summed E-state index contributed by atoms with van der Waals surface area (Å²) < 4.78 is 37.4. The van der Waals surface area contributed by atoms with Crippen LogP contribution in [-0.2, 0) is 38.4 Å². The molecule has 0 aliphatic carbocycles. The third-order valence-corrected chi connectivity index (χ3v) is 5.51. The number of carbonyl (C=O) groups excluding carboxylic acids is 3. The molecular formula is C25H36O9S. The fourth-order valence-electron chi connectivity index (χ4n) is 1.85. The van der Waals surface area contributed by atoms with Crippen molar-refractivity contribution in [1.82, 2.24) is 0 Å². The molecule has 10 heteroatoms. The van der Waals surface area contributed by atoms with E-state index in [9.17, 15) is 22.8 Å². The fourth-order valence-corrected chi connectivity index (χ4v) is 2.94. The van der Waals surface area contributed by atoms with Crippen molar-refractivity contribution in [1.29, 1.82) is 0 Å². The minimum absolute atomic E-state index is 0.144. The topological polar surface area (TPSA) is 133 Å². The summed E-state index contributed by atoms with van der Waals surface area (Å²) in [4.78, 5) is 31.9. The van der Waals surface area contributed by atoms with E-state index in [1.54, 1.807) is 31.2 Å². The molecule has 0 saturated heterocycles. The standard InChI is InChI=1S/C13H16O4S.C7H12O3.C5H8O2/c1-10(2)13(14)17-8-9-18(15,16)12-6-4-11(3)5-7-12;1-2-7(9)10-6-4-3-5-8;1-4(2)5(6)7-3/h4-7H,1,8-9H2,2-3H3;2,8H,1,3-6H2;1H2,2-3H3. The fraction of sp³-hybridized carbons (Fsp3) is 0.400. The van der Waals surface area contributed by atoms with Crippen LogP contribution in [0.3, 0.4) is 0 Å². The van der Waals surface area contributed by atoms with Crippen LogP contribution in [0.4, 0.5) is 0 Å². The minimum Gasteiger partial charge on any atom is -0.466 e. The number of ether oxygens (including phenoxy) is 3. The highest BCUT2D eigenvalue weighted by Crippen LogP contribution is 2.12. The van der Waals surface area contributed by atoms with Gasteiger partial charge in [-0.3, -0.25) is 0 Å². The van der Waals surface area contributed by atoms with Gasteiger partial charge in [0.25, 0.3) is 0 Å². The Morgan fingerprint density at radius 1 is 0.943 bits per heavy atom. The first-order valence-corrected chi connectivity index (χ1v) is 12.2. The molecular weight excluding hydrogens is 476 g/mol. The molecule has 0 bridgehead atoms. The summed E-state index contributed by atoms with van der Waals surface area (Å²) in [6, 6.07) is 6.55. The summed E-state index contributed by atoms with van der Waals surface area (Å²) in [6.45, 7) is 15.3. The van der Waals surface area contributed by atoms with Gasteiger partial charge in [0.05, 0.1) is 24.4 Å². The Bertz CT molecular complexity index is 946. The first-order valence-electron chi connectivity index (χ1n) is 10.6. The van der Waals surface area contributed by atoms with E-state index >= 15 is 0 Å². The predicted molar refractivity (Wildman–Crippen MR) is 133 cm³/mol. The zero-order valence-corrected chi connectivity index (χ0v) is 21.7. The summed E-state index contributed by atoms with van der Waals surface area (Å²) in [6.07, 6.45) is 2.50. The van der Waals surface area contributed by atoms with Crippen molar-refractivity contribution in [2.45, 2.75) is 38.5 Å². The highest BCUT2D eigenvalue weighted by Gasteiger charge is 2.15. The molecule has 9 nitrogen and oxygen atoms in total. The van der Waals surface area contributed by atoms with Crippen LogP contribution in [0.25, 0.3) is 0 Å². The number of methoxy groups -OCH3 is 1. The van der Waals surface area contributed by atoms with Crippen molar-refractivity contribution in [2.24, 2.45) is 0 Å². The maximum atomic E-state index is 11.9. The Morgan fingerprint density at radius 2 is 1.49 bits per heavy atom. The molecule has 1 rings (SSSR count). The monoisotopic (exact) mass is 512 g/mol. The van der Waals surface area contributed by atoms with Gasteiger partial charge in [0.2, 0.25) is 0 Å². The average Bonchev–Trinajstić information content (AvgIpc) is 2.81. The number of aryl methyl sites for hydroxylation is 1. The molecule has 0 aromatic heterocycles. The Balaban J connectivity index is 0. The Hall–Kier alpha value is -3.24.